The van der Waals surface area contributed by atoms with Crippen molar-refractivity contribution in [2.24, 2.45) is 0 Å². The van der Waals surface area contributed by atoms with E-state index in [1.54, 1.807) is 0 Å². The molecule has 0 atom stereocenters. The summed E-state index contributed by atoms with van der Waals surface area (Å²) in [6.45, 7) is 4.89. The summed E-state index contributed by atoms with van der Waals surface area (Å²) in [7, 11) is 0. The molecule has 1 aromatic carbocycles. The average molecular weight is 303 g/mol. The zero-order valence-corrected chi connectivity index (χ0v) is 13.5. The van der Waals surface area contributed by atoms with Crippen molar-refractivity contribution in [2.45, 2.75) is 52.5 Å². The fourth-order valence-corrected chi connectivity index (χ4v) is 2.42. The first-order valence-electron chi connectivity index (χ1n) is 8.06. The molecule has 2 rings (SSSR count). The number of nitrogen functional groups attached to an aromatic ring is 1. The number of fused-ring (bicyclic) bond motifs is 1. The van der Waals surface area contributed by atoms with Gasteiger partial charge in [-0.25, -0.2) is 4.98 Å². The number of nitrogens with zero attached hydrogens (tertiary/aromatic N) is 2. The van der Waals surface area contributed by atoms with Gasteiger partial charge in [0.05, 0.1) is 17.8 Å². The Morgan fingerprint density at radius 1 is 1.27 bits per heavy atom. The zero-order chi connectivity index (χ0) is 15.9. The molecule has 0 radical (unpaired) electrons. The van der Waals surface area contributed by atoms with Crippen molar-refractivity contribution in [1.29, 1.82) is 0 Å². The number of imidazole rings is 1. The molecule has 0 saturated carbocycles. The number of unbranched alkanes of at least 4 members (excludes halogenated alkanes) is 2. The smallest absolute Gasteiger partial charge is 0.326 e. The Hall–Kier alpha value is -2.04. The minimum absolute atomic E-state index is 0.197. The van der Waals surface area contributed by atoms with Gasteiger partial charge in [-0.05, 0) is 25.0 Å². The average Bonchev–Trinajstić information content (AvgIpc) is 2.85. The van der Waals surface area contributed by atoms with Gasteiger partial charge in [0.25, 0.3) is 0 Å². The molecule has 1 aromatic heterocycles. The lowest BCUT2D eigenvalue weighted by Gasteiger charge is -2.09. The van der Waals surface area contributed by atoms with Gasteiger partial charge in [-0.3, -0.25) is 4.79 Å². The van der Waals surface area contributed by atoms with Crippen molar-refractivity contribution < 1.29 is 9.53 Å². The first-order chi connectivity index (χ1) is 10.7. The van der Waals surface area contributed by atoms with Gasteiger partial charge in [0.2, 0.25) is 0 Å². The highest BCUT2D eigenvalue weighted by Crippen LogP contribution is 2.23. The Morgan fingerprint density at radius 3 is 2.77 bits per heavy atom. The van der Waals surface area contributed by atoms with E-state index < -0.39 is 0 Å². The second kappa shape index (κ2) is 7.82. The van der Waals surface area contributed by atoms with Crippen LogP contribution in [-0.4, -0.2) is 22.1 Å². The second-order valence-corrected chi connectivity index (χ2v) is 5.51. The lowest BCUT2D eigenvalue weighted by molar-refractivity contribution is -0.144. The normalized spacial score (nSPS) is 11.0. The number of carbonyl (C=O) groups is 1. The second-order valence-electron chi connectivity index (χ2n) is 5.51. The topological polar surface area (TPSA) is 70.1 Å². The molecule has 5 heteroatoms. The van der Waals surface area contributed by atoms with Crippen LogP contribution in [-0.2, 0) is 22.5 Å². The van der Waals surface area contributed by atoms with Crippen molar-refractivity contribution in [2.75, 3.05) is 12.3 Å². The summed E-state index contributed by atoms with van der Waals surface area (Å²) in [5.41, 5.74) is 8.33. The standard InChI is InChI=1S/C17H25N3O2/c1-3-5-10-15-19-17-13(18)8-7-9-14(17)20(15)12-16(21)22-11-6-4-2/h7-9H,3-6,10-12,18H2,1-2H3. The molecule has 120 valence electrons. The number of ether oxygens (including phenoxy) is 1. The molecule has 22 heavy (non-hydrogen) atoms. The van der Waals surface area contributed by atoms with Gasteiger partial charge < -0.3 is 15.0 Å². The Morgan fingerprint density at radius 2 is 2.05 bits per heavy atom. The zero-order valence-electron chi connectivity index (χ0n) is 13.5. The molecular weight excluding hydrogens is 278 g/mol. The maximum absolute atomic E-state index is 12.0. The highest BCUT2D eigenvalue weighted by atomic mass is 16.5. The number of carbonyl (C=O) groups excluding carboxylic acids is 1. The van der Waals surface area contributed by atoms with E-state index in [1.807, 2.05) is 22.8 Å². The van der Waals surface area contributed by atoms with Gasteiger partial charge in [0.15, 0.2) is 0 Å². The van der Waals surface area contributed by atoms with Gasteiger partial charge >= 0.3 is 5.97 Å². The monoisotopic (exact) mass is 303 g/mol. The lowest BCUT2D eigenvalue weighted by Crippen LogP contribution is -2.16. The van der Waals surface area contributed by atoms with Gasteiger partial charge in [-0.15, -0.1) is 0 Å². The summed E-state index contributed by atoms with van der Waals surface area (Å²) in [5, 5.41) is 0. The largest absolute Gasteiger partial charge is 0.464 e. The Kier molecular flexibility index (Phi) is 5.81. The maximum atomic E-state index is 12.0. The molecule has 0 aliphatic carbocycles. The minimum Gasteiger partial charge on any atom is -0.464 e. The summed E-state index contributed by atoms with van der Waals surface area (Å²) >= 11 is 0. The van der Waals surface area contributed by atoms with Crippen LogP contribution in [0.4, 0.5) is 5.69 Å². The van der Waals surface area contributed by atoms with E-state index in [2.05, 4.69) is 18.8 Å². The predicted molar refractivity (Wildman–Crippen MR) is 88.6 cm³/mol. The number of aryl methyl sites for hydroxylation is 1. The maximum Gasteiger partial charge on any atom is 0.326 e. The number of anilines is 1. The number of rotatable bonds is 8. The first kappa shape index (κ1) is 16.3. The van der Waals surface area contributed by atoms with Crippen molar-refractivity contribution >= 4 is 22.7 Å². The van der Waals surface area contributed by atoms with E-state index in [0.29, 0.717) is 12.3 Å². The fourth-order valence-electron chi connectivity index (χ4n) is 2.42. The van der Waals surface area contributed by atoms with Crippen molar-refractivity contribution in [3.8, 4) is 0 Å². The van der Waals surface area contributed by atoms with Crippen LogP contribution in [0.1, 0.15) is 45.4 Å². The molecule has 0 fully saturated rings. The molecule has 5 nitrogen and oxygen atoms in total. The summed E-state index contributed by atoms with van der Waals surface area (Å²) in [6.07, 6.45) is 4.87. The Labute approximate surface area is 131 Å². The molecule has 0 aliphatic heterocycles. The van der Waals surface area contributed by atoms with E-state index >= 15 is 0 Å². The van der Waals surface area contributed by atoms with Crippen LogP contribution in [0.25, 0.3) is 11.0 Å². The van der Waals surface area contributed by atoms with Gasteiger partial charge in [-0.1, -0.05) is 32.8 Å². The summed E-state index contributed by atoms with van der Waals surface area (Å²) in [6, 6.07) is 5.68. The third kappa shape index (κ3) is 3.78. The molecule has 0 saturated heterocycles. The highest BCUT2D eigenvalue weighted by Gasteiger charge is 2.15. The van der Waals surface area contributed by atoms with Crippen LogP contribution >= 0.6 is 0 Å². The number of hydrogen-bond donors (Lipinski definition) is 1. The third-order valence-electron chi connectivity index (χ3n) is 3.69. The van der Waals surface area contributed by atoms with Crippen molar-refractivity contribution in [3.63, 3.8) is 0 Å². The Balaban J connectivity index is 2.25. The van der Waals surface area contributed by atoms with E-state index in [9.17, 15) is 4.79 Å². The number of esters is 1. The molecule has 0 amide bonds. The summed E-state index contributed by atoms with van der Waals surface area (Å²) in [4.78, 5) is 16.7. The van der Waals surface area contributed by atoms with Crippen LogP contribution in [0.15, 0.2) is 18.2 Å². The molecule has 0 aliphatic rings. The quantitative estimate of drug-likeness (QED) is 0.461. The molecule has 0 spiro atoms. The SMILES string of the molecule is CCCCOC(=O)Cn1c(CCCC)nc2c(N)cccc21. The molecule has 1 heterocycles. The number of para-hydroxylation sites is 1. The lowest BCUT2D eigenvalue weighted by atomic mass is 10.2. The van der Waals surface area contributed by atoms with Crippen LogP contribution in [0.3, 0.4) is 0 Å². The molecule has 2 aromatic rings. The van der Waals surface area contributed by atoms with Crippen LogP contribution in [0.5, 0.6) is 0 Å². The highest BCUT2D eigenvalue weighted by molar-refractivity contribution is 5.88. The summed E-state index contributed by atoms with van der Waals surface area (Å²) in [5.74, 6) is 0.690. The van der Waals surface area contributed by atoms with E-state index in [4.69, 9.17) is 10.5 Å². The van der Waals surface area contributed by atoms with Crippen LogP contribution in [0, 0.1) is 0 Å². The van der Waals surface area contributed by atoms with Crippen molar-refractivity contribution in [1.82, 2.24) is 9.55 Å². The minimum atomic E-state index is -0.215. The molecule has 0 unspecified atom stereocenters. The number of aromatic nitrogens is 2. The molecule has 0 bridgehead atoms. The van der Waals surface area contributed by atoms with E-state index in [0.717, 1.165) is 49.0 Å². The van der Waals surface area contributed by atoms with Crippen molar-refractivity contribution in [3.05, 3.63) is 24.0 Å². The van der Waals surface area contributed by atoms with Crippen LogP contribution in [0.2, 0.25) is 0 Å². The van der Waals surface area contributed by atoms with E-state index in [1.165, 1.54) is 0 Å². The Bertz CT molecular complexity index is 634. The predicted octanol–water partition coefficient (Wildman–Crippen LogP) is 3.30. The molecule has 2 N–H and O–H groups in total. The summed E-state index contributed by atoms with van der Waals surface area (Å²) < 4.78 is 7.22. The number of nitrogens with two attached hydrogens (primary N) is 1. The van der Waals surface area contributed by atoms with Gasteiger partial charge in [-0.2, -0.15) is 0 Å². The third-order valence-corrected chi connectivity index (χ3v) is 3.69. The van der Waals surface area contributed by atoms with Crippen LogP contribution < -0.4 is 5.73 Å². The first-order valence-corrected chi connectivity index (χ1v) is 8.06. The number of hydrogen-bond acceptors (Lipinski definition) is 4. The number of benzene rings is 1. The van der Waals surface area contributed by atoms with Gasteiger partial charge in [0.1, 0.15) is 17.9 Å². The van der Waals surface area contributed by atoms with E-state index in [-0.39, 0.29) is 12.5 Å². The fraction of sp³-hybridized carbons (Fsp3) is 0.529. The molecular formula is C17H25N3O2. The van der Waals surface area contributed by atoms with Gasteiger partial charge in [0, 0.05) is 6.42 Å².